The molecule has 0 radical (unpaired) electrons. The molecule has 134 valence electrons. The highest BCUT2D eigenvalue weighted by Crippen LogP contribution is 2.51. The number of carboxylic acids is 1. The monoisotopic (exact) mass is 357 g/mol. The summed E-state index contributed by atoms with van der Waals surface area (Å²) in [5.41, 5.74) is -0.637. The molecule has 2 N–H and O–H groups in total. The summed E-state index contributed by atoms with van der Waals surface area (Å²) in [5, 5.41) is 9.35. The maximum absolute atomic E-state index is 12.9. The Kier molecular flexibility index (Phi) is 4.05. The van der Waals surface area contributed by atoms with Crippen molar-refractivity contribution in [2.75, 3.05) is 6.61 Å². The smallest absolute Gasteiger partial charge is 0.340 e. The fourth-order valence-electron chi connectivity index (χ4n) is 4.22. The summed E-state index contributed by atoms with van der Waals surface area (Å²) >= 11 is 0. The molecule has 1 saturated heterocycles. The molecule has 2 fully saturated rings. The van der Waals surface area contributed by atoms with Crippen molar-refractivity contribution >= 4 is 16.0 Å². The Labute approximate surface area is 141 Å². The molecule has 1 aromatic heterocycles. The molecule has 3 unspecified atom stereocenters. The zero-order chi connectivity index (χ0) is 17.9. The Balaban J connectivity index is 1.94. The molecule has 24 heavy (non-hydrogen) atoms. The van der Waals surface area contributed by atoms with Gasteiger partial charge in [0, 0.05) is 24.0 Å². The first-order chi connectivity index (χ1) is 11.1. The lowest BCUT2D eigenvalue weighted by Crippen LogP contribution is -2.70. The molecule has 1 aromatic rings. The third-order valence-corrected chi connectivity index (χ3v) is 6.89. The maximum atomic E-state index is 12.9. The molecule has 0 spiro atoms. The van der Waals surface area contributed by atoms with Crippen molar-refractivity contribution in [2.24, 2.45) is 11.3 Å². The Morgan fingerprint density at radius 2 is 1.96 bits per heavy atom. The molecule has 3 atom stereocenters. The number of fused-ring (bicyclic) bond motifs is 1. The first-order valence-corrected chi connectivity index (χ1v) is 9.53. The highest BCUT2D eigenvalue weighted by Gasteiger charge is 2.59. The summed E-state index contributed by atoms with van der Waals surface area (Å²) in [4.78, 5) is 11.2. The van der Waals surface area contributed by atoms with E-state index in [0.717, 1.165) is 12.8 Å². The summed E-state index contributed by atoms with van der Waals surface area (Å²) in [6.45, 7) is 7.56. The number of sulfonamides is 1. The average Bonchev–Trinajstić information content (AvgIpc) is 2.80. The number of aryl methyl sites for hydroxylation is 2. The van der Waals surface area contributed by atoms with Gasteiger partial charge in [-0.1, -0.05) is 13.8 Å². The normalized spacial score (nSPS) is 28.9. The number of hydrogen-bond donors (Lipinski definition) is 2. The minimum Gasteiger partial charge on any atom is -0.478 e. The average molecular weight is 357 g/mol. The van der Waals surface area contributed by atoms with E-state index in [0.29, 0.717) is 6.61 Å². The van der Waals surface area contributed by atoms with E-state index in [1.54, 1.807) is 0 Å². The number of rotatable bonds is 4. The van der Waals surface area contributed by atoms with Crippen LogP contribution in [0.2, 0.25) is 0 Å². The maximum Gasteiger partial charge on any atom is 0.340 e. The van der Waals surface area contributed by atoms with Gasteiger partial charge in [0.25, 0.3) is 0 Å². The molecule has 0 aromatic carbocycles. The predicted octanol–water partition coefficient (Wildman–Crippen LogP) is 2.08. The van der Waals surface area contributed by atoms with Gasteiger partial charge in [-0.2, -0.15) is 0 Å². The van der Waals surface area contributed by atoms with Crippen LogP contribution in [0.4, 0.5) is 0 Å². The Hall–Kier alpha value is -1.38. The fourth-order valence-corrected chi connectivity index (χ4v) is 6.07. The standard InChI is InChI=1S/C16H23NO6S/c1-8-11(15(18)19)12(9(2)23-8)24(20,21)17-13-10-6-5-7-22-14(10)16(13,3)4/h10,13-14,17H,5-7H2,1-4H3,(H,18,19). The first-order valence-electron chi connectivity index (χ1n) is 8.04. The first kappa shape index (κ1) is 17.4. The van der Waals surface area contributed by atoms with Gasteiger partial charge in [0.1, 0.15) is 22.0 Å². The number of hydrogen-bond acceptors (Lipinski definition) is 5. The summed E-state index contributed by atoms with van der Waals surface area (Å²) in [6.07, 6.45) is 1.83. The number of carboxylic acid groups (broad SMARTS) is 1. The topological polar surface area (TPSA) is 106 Å². The van der Waals surface area contributed by atoms with Gasteiger partial charge in [-0.05, 0) is 26.7 Å². The van der Waals surface area contributed by atoms with E-state index < -0.39 is 16.0 Å². The van der Waals surface area contributed by atoms with Crippen LogP contribution in [0.15, 0.2) is 9.31 Å². The molecule has 2 heterocycles. The summed E-state index contributed by atoms with van der Waals surface area (Å²) in [6, 6.07) is -0.288. The second kappa shape index (κ2) is 5.57. The van der Waals surface area contributed by atoms with Crippen LogP contribution in [-0.2, 0) is 14.8 Å². The van der Waals surface area contributed by atoms with Crippen molar-refractivity contribution in [2.45, 2.75) is 57.6 Å². The van der Waals surface area contributed by atoms with Crippen LogP contribution in [-0.4, -0.2) is 38.2 Å². The summed E-state index contributed by atoms with van der Waals surface area (Å²) in [7, 11) is -4.01. The van der Waals surface area contributed by atoms with Crippen LogP contribution < -0.4 is 4.72 Å². The van der Waals surface area contributed by atoms with Crippen molar-refractivity contribution in [3.05, 3.63) is 17.1 Å². The predicted molar refractivity (Wildman–Crippen MR) is 85.5 cm³/mol. The third-order valence-electron chi connectivity index (χ3n) is 5.30. The highest BCUT2D eigenvalue weighted by molar-refractivity contribution is 7.89. The van der Waals surface area contributed by atoms with Crippen molar-refractivity contribution in [3.8, 4) is 0 Å². The lowest BCUT2D eigenvalue weighted by molar-refractivity contribution is -0.187. The lowest BCUT2D eigenvalue weighted by Gasteiger charge is -2.59. The van der Waals surface area contributed by atoms with Gasteiger partial charge in [0.05, 0.1) is 6.10 Å². The molecule has 0 amide bonds. The van der Waals surface area contributed by atoms with Crippen LogP contribution in [0.25, 0.3) is 0 Å². The molecule has 1 aliphatic heterocycles. The zero-order valence-corrected chi connectivity index (χ0v) is 15.1. The summed E-state index contributed by atoms with van der Waals surface area (Å²) < 4.78 is 39.5. The van der Waals surface area contributed by atoms with E-state index in [1.807, 2.05) is 13.8 Å². The van der Waals surface area contributed by atoms with E-state index in [1.165, 1.54) is 13.8 Å². The minimum atomic E-state index is -4.01. The largest absolute Gasteiger partial charge is 0.478 e. The molecule has 7 nitrogen and oxygen atoms in total. The van der Waals surface area contributed by atoms with Gasteiger partial charge in [-0.15, -0.1) is 0 Å². The molecular weight excluding hydrogens is 334 g/mol. The van der Waals surface area contributed by atoms with Crippen molar-refractivity contribution in [3.63, 3.8) is 0 Å². The molecule has 0 bridgehead atoms. The molecular formula is C16H23NO6S. The van der Waals surface area contributed by atoms with E-state index in [9.17, 15) is 18.3 Å². The van der Waals surface area contributed by atoms with E-state index >= 15 is 0 Å². The van der Waals surface area contributed by atoms with Gasteiger partial charge >= 0.3 is 5.97 Å². The van der Waals surface area contributed by atoms with Crippen LogP contribution >= 0.6 is 0 Å². The fraction of sp³-hybridized carbons (Fsp3) is 0.688. The van der Waals surface area contributed by atoms with Gasteiger partial charge < -0.3 is 14.3 Å². The van der Waals surface area contributed by atoms with Crippen LogP contribution in [0.1, 0.15) is 48.6 Å². The van der Waals surface area contributed by atoms with E-state index in [-0.39, 0.29) is 45.5 Å². The van der Waals surface area contributed by atoms with Crippen molar-refractivity contribution < 1.29 is 27.5 Å². The number of nitrogens with one attached hydrogen (secondary N) is 1. The molecule has 8 heteroatoms. The molecule has 1 aliphatic carbocycles. The summed E-state index contributed by atoms with van der Waals surface area (Å²) in [5.74, 6) is -1.01. The quantitative estimate of drug-likeness (QED) is 0.854. The Morgan fingerprint density at radius 3 is 2.58 bits per heavy atom. The number of carbonyl (C=O) groups is 1. The number of furan rings is 1. The number of aromatic carboxylic acids is 1. The Morgan fingerprint density at radius 1 is 1.29 bits per heavy atom. The third kappa shape index (κ3) is 2.48. The minimum absolute atomic E-state index is 0.0325. The van der Waals surface area contributed by atoms with Gasteiger partial charge in [-0.25, -0.2) is 17.9 Å². The molecule has 1 saturated carbocycles. The van der Waals surface area contributed by atoms with Crippen LogP contribution in [0, 0.1) is 25.2 Å². The van der Waals surface area contributed by atoms with Crippen molar-refractivity contribution in [1.82, 2.24) is 4.72 Å². The lowest BCUT2D eigenvalue weighted by atomic mass is 9.55. The van der Waals surface area contributed by atoms with Crippen molar-refractivity contribution in [1.29, 1.82) is 0 Å². The van der Waals surface area contributed by atoms with Crippen LogP contribution in [0.3, 0.4) is 0 Å². The molecule has 3 rings (SSSR count). The van der Waals surface area contributed by atoms with Gasteiger partial charge in [0.2, 0.25) is 10.0 Å². The molecule has 2 aliphatic rings. The second-order valence-corrected chi connectivity index (χ2v) is 8.89. The van der Waals surface area contributed by atoms with Gasteiger partial charge in [-0.3, -0.25) is 0 Å². The van der Waals surface area contributed by atoms with Gasteiger partial charge in [0.15, 0.2) is 0 Å². The number of ether oxygens (including phenoxy) is 1. The van der Waals surface area contributed by atoms with E-state index in [2.05, 4.69) is 4.72 Å². The second-order valence-electron chi connectivity index (χ2n) is 7.24. The highest BCUT2D eigenvalue weighted by atomic mass is 32.2. The Bertz CT molecular complexity index is 779. The van der Waals surface area contributed by atoms with Crippen LogP contribution in [0.5, 0.6) is 0 Å². The SMILES string of the molecule is Cc1oc(C)c(S(=O)(=O)NC2C3CCCOC3C2(C)C)c1C(=O)O. The van der Waals surface area contributed by atoms with E-state index in [4.69, 9.17) is 9.15 Å². The zero-order valence-electron chi connectivity index (χ0n) is 14.3.